The smallest absolute Gasteiger partial charge is 0.333 e. The van der Waals surface area contributed by atoms with E-state index in [9.17, 15) is 20.0 Å². The Kier molecular flexibility index (Phi) is 8.19. The Morgan fingerprint density at radius 2 is 1.76 bits per heavy atom. The van der Waals surface area contributed by atoms with Crippen LogP contribution in [0.1, 0.15) is 53.0 Å². The number of carbonyl (C=O) groups excluding carboxylic acids is 1. The summed E-state index contributed by atoms with van der Waals surface area (Å²) in [6, 6.07) is 10.6. The molecule has 0 saturated carbocycles. The molecule has 1 rings (SSSR count). The van der Waals surface area contributed by atoms with E-state index in [1.54, 1.807) is 37.3 Å². The topological polar surface area (TPSA) is 96.6 Å². The lowest BCUT2D eigenvalue weighted by Gasteiger charge is -2.42. The first-order chi connectivity index (χ1) is 13.3. The minimum Gasteiger partial charge on any atom is -0.479 e. The van der Waals surface area contributed by atoms with Crippen molar-refractivity contribution in [2.75, 3.05) is 0 Å². The van der Waals surface area contributed by atoms with Crippen molar-refractivity contribution < 1.29 is 23.9 Å². The standard InChI is InChI=1S/C22H33NO5Si/c1-8-16(2)27-18(24)14-22(15-23,17-12-10-9-11-13-17)19(20(25)26)28-29(6,7)21(3,4)5/h9-13,16,19H,8,14H2,1-7H3,(H,25,26). The second-order valence-electron chi connectivity index (χ2n) is 8.93. The average molecular weight is 420 g/mol. The fraction of sp³-hybridized carbons (Fsp3) is 0.591. The van der Waals surface area contributed by atoms with Gasteiger partial charge in [0.1, 0.15) is 5.41 Å². The van der Waals surface area contributed by atoms with E-state index in [0.717, 1.165) is 0 Å². The number of ether oxygens (including phenoxy) is 1. The van der Waals surface area contributed by atoms with Crippen LogP contribution < -0.4 is 0 Å². The van der Waals surface area contributed by atoms with Gasteiger partial charge in [0.2, 0.25) is 0 Å². The number of hydrogen-bond acceptors (Lipinski definition) is 5. The summed E-state index contributed by atoms with van der Waals surface area (Å²) in [5.41, 5.74) is -1.28. The highest BCUT2D eigenvalue weighted by Crippen LogP contribution is 2.42. The van der Waals surface area contributed by atoms with Crippen molar-refractivity contribution in [2.45, 2.75) is 83.2 Å². The summed E-state index contributed by atoms with van der Waals surface area (Å²) in [6.45, 7) is 13.5. The first-order valence-corrected chi connectivity index (χ1v) is 12.8. The van der Waals surface area contributed by atoms with Crippen LogP contribution in [0.15, 0.2) is 30.3 Å². The minimum atomic E-state index is -2.56. The molecule has 6 nitrogen and oxygen atoms in total. The molecule has 0 heterocycles. The van der Waals surface area contributed by atoms with E-state index < -0.39 is 38.2 Å². The SMILES string of the molecule is CCC(C)OC(=O)CC(C#N)(c1ccccc1)C(O[Si](C)(C)C(C)(C)C)C(=O)O. The van der Waals surface area contributed by atoms with E-state index in [2.05, 4.69) is 6.07 Å². The van der Waals surface area contributed by atoms with Gasteiger partial charge in [-0.25, -0.2) is 4.79 Å². The van der Waals surface area contributed by atoms with E-state index in [4.69, 9.17) is 9.16 Å². The number of esters is 1. The highest BCUT2D eigenvalue weighted by molar-refractivity contribution is 6.74. The number of carboxylic acids is 1. The molecule has 0 radical (unpaired) electrons. The number of hydrogen-bond donors (Lipinski definition) is 1. The zero-order chi connectivity index (χ0) is 22.5. The van der Waals surface area contributed by atoms with Crippen LogP contribution in [0.3, 0.4) is 0 Å². The lowest BCUT2D eigenvalue weighted by molar-refractivity contribution is -0.154. The second-order valence-corrected chi connectivity index (χ2v) is 13.7. The van der Waals surface area contributed by atoms with Crippen molar-refractivity contribution in [3.8, 4) is 6.07 Å². The van der Waals surface area contributed by atoms with Crippen LogP contribution in [0.2, 0.25) is 18.1 Å². The van der Waals surface area contributed by atoms with Gasteiger partial charge in [-0.1, -0.05) is 58.0 Å². The average Bonchev–Trinajstić information content (AvgIpc) is 2.64. The zero-order valence-corrected chi connectivity index (χ0v) is 19.5. The molecule has 1 aromatic rings. The molecule has 0 aliphatic heterocycles. The molecule has 3 unspecified atom stereocenters. The fourth-order valence-corrected chi connectivity index (χ4v) is 3.90. The van der Waals surface area contributed by atoms with E-state index in [-0.39, 0.29) is 11.1 Å². The Hall–Kier alpha value is -2.17. The van der Waals surface area contributed by atoms with Gasteiger partial charge in [-0.2, -0.15) is 5.26 Å². The summed E-state index contributed by atoms with van der Waals surface area (Å²) in [5, 5.41) is 20.0. The highest BCUT2D eigenvalue weighted by atomic mass is 28.4. The van der Waals surface area contributed by atoms with Gasteiger partial charge in [0, 0.05) is 0 Å². The molecule has 0 saturated heterocycles. The Bertz CT molecular complexity index is 751. The number of aliphatic carboxylic acids is 1. The minimum absolute atomic E-state index is 0.268. The quantitative estimate of drug-likeness (QED) is 0.462. The summed E-state index contributed by atoms with van der Waals surface area (Å²) in [6.07, 6.45) is -1.59. The largest absolute Gasteiger partial charge is 0.479 e. The second kappa shape index (κ2) is 9.55. The molecule has 0 spiro atoms. The van der Waals surface area contributed by atoms with Gasteiger partial charge in [0.05, 0.1) is 18.6 Å². The predicted octanol–water partition coefficient (Wildman–Crippen LogP) is 4.65. The number of benzene rings is 1. The van der Waals surface area contributed by atoms with Gasteiger partial charge in [-0.15, -0.1) is 0 Å². The highest BCUT2D eigenvalue weighted by Gasteiger charge is 2.52. The predicted molar refractivity (Wildman–Crippen MR) is 114 cm³/mol. The summed E-state index contributed by atoms with van der Waals surface area (Å²) in [5.74, 6) is -1.88. The number of rotatable bonds is 9. The van der Waals surface area contributed by atoms with Crippen LogP contribution in [0.25, 0.3) is 0 Å². The Labute approximate surface area is 175 Å². The van der Waals surface area contributed by atoms with Crippen LogP contribution >= 0.6 is 0 Å². The van der Waals surface area contributed by atoms with Crippen molar-refractivity contribution in [3.05, 3.63) is 35.9 Å². The van der Waals surface area contributed by atoms with Crippen LogP contribution in [0.4, 0.5) is 0 Å². The summed E-state index contributed by atoms with van der Waals surface area (Å²) >= 11 is 0. The molecule has 0 amide bonds. The summed E-state index contributed by atoms with van der Waals surface area (Å²) in [4.78, 5) is 25.0. The van der Waals surface area contributed by atoms with Gasteiger partial charge in [0.15, 0.2) is 14.4 Å². The third-order valence-corrected chi connectivity index (χ3v) is 10.1. The fourth-order valence-electron chi connectivity index (χ4n) is 2.65. The molecular formula is C22H33NO5Si. The molecule has 0 aliphatic rings. The van der Waals surface area contributed by atoms with Crippen LogP contribution in [-0.2, 0) is 24.2 Å². The molecule has 3 atom stereocenters. The summed E-state index contributed by atoms with van der Waals surface area (Å²) in [7, 11) is -2.56. The van der Waals surface area contributed by atoms with Gasteiger partial charge in [-0.05, 0) is 37.0 Å². The van der Waals surface area contributed by atoms with Crippen molar-refractivity contribution in [2.24, 2.45) is 0 Å². The Balaban J connectivity index is 3.53. The monoisotopic (exact) mass is 419 g/mol. The van der Waals surface area contributed by atoms with Crippen LogP contribution in [0, 0.1) is 11.3 Å². The number of nitrogens with zero attached hydrogens (tertiary/aromatic N) is 1. The van der Waals surface area contributed by atoms with E-state index in [1.165, 1.54) is 0 Å². The summed E-state index contributed by atoms with van der Waals surface area (Å²) < 4.78 is 11.6. The first kappa shape index (κ1) is 24.9. The molecule has 1 N–H and O–H groups in total. The van der Waals surface area contributed by atoms with Crippen LogP contribution in [-0.4, -0.2) is 37.6 Å². The maximum atomic E-state index is 12.6. The molecule has 1 aromatic carbocycles. The van der Waals surface area contributed by atoms with Crippen molar-refractivity contribution in [1.29, 1.82) is 5.26 Å². The number of carbonyl (C=O) groups is 2. The molecule has 0 fully saturated rings. The van der Waals surface area contributed by atoms with E-state index in [1.807, 2.05) is 40.8 Å². The first-order valence-electron chi connectivity index (χ1n) is 9.87. The van der Waals surface area contributed by atoms with Gasteiger partial charge in [-0.3, -0.25) is 4.79 Å². The third-order valence-electron chi connectivity index (χ3n) is 5.71. The van der Waals surface area contributed by atoms with E-state index in [0.29, 0.717) is 12.0 Å². The Morgan fingerprint density at radius 1 is 1.21 bits per heavy atom. The lowest BCUT2D eigenvalue weighted by atomic mass is 9.74. The third kappa shape index (κ3) is 5.91. The number of nitriles is 1. The van der Waals surface area contributed by atoms with E-state index >= 15 is 0 Å². The molecule has 0 aliphatic carbocycles. The van der Waals surface area contributed by atoms with Crippen LogP contribution in [0.5, 0.6) is 0 Å². The van der Waals surface area contributed by atoms with Gasteiger partial charge < -0.3 is 14.3 Å². The molecule has 29 heavy (non-hydrogen) atoms. The lowest BCUT2D eigenvalue weighted by Crippen LogP contribution is -2.54. The van der Waals surface area contributed by atoms with Gasteiger partial charge in [0.25, 0.3) is 0 Å². The molecular weight excluding hydrogens is 386 g/mol. The maximum Gasteiger partial charge on any atom is 0.333 e. The van der Waals surface area contributed by atoms with Gasteiger partial charge >= 0.3 is 11.9 Å². The van der Waals surface area contributed by atoms with Crippen molar-refractivity contribution in [3.63, 3.8) is 0 Å². The Morgan fingerprint density at radius 3 is 2.17 bits per heavy atom. The molecule has 0 aromatic heterocycles. The van der Waals surface area contributed by atoms with Crippen molar-refractivity contribution in [1.82, 2.24) is 0 Å². The molecule has 160 valence electrons. The molecule has 0 bridgehead atoms. The normalized spacial score (nSPS) is 16.2. The molecule has 7 heteroatoms. The maximum absolute atomic E-state index is 12.6. The van der Waals surface area contributed by atoms with Crippen molar-refractivity contribution >= 4 is 20.3 Å². The number of carboxylic acid groups (broad SMARTS) is 1. The zero-order valence-electron chi connectivity index (χ0n) is 18.5.